The van der Waals surface area contributed by atoms with Gasteiger partial charge in [-0.05, 0) is 61.7 Å². The Bertz CT molecular complexity index is 1110. The van der Waals surface area contributed by atoms with Gasteiger partial charge in [-0.3, -0.25) is 4.79 Å². The highest BCUT2D eigenvalue weighted by molar-refractivity contribution is 7.90. The Hall–Kier alpha value is -2.75. The molecule has 1 unspecified atom stereocenters. The second-order valence-corrected chi connectivity index (χ2v) is 10.2. The van der Waals surface area contributed by atoms with E-state index in [1.807, 2.05) is 0 Å². The number of carbonyl (C=O) groups is 1. The molecule has 1 aliphatic heterocycles. The van der Waals surface area contributed by atoms with Gasteiger partial charge in [0, 0.05) is 30.2 Å². The molecule has 172 valence electrons. The number of aliphatic hydroxyl groups is 1. The Morgan fingerprint density at radius 3 is 2.28 bits per heavy atom. The van der Waals surface area contributed by atoms with Crippen LogP contribution < -0.4 is 10.6 Å². The van der Waals surface area contributed by atoms with E-state index in [0.717, 1.165) is 6.26 Å². The quantitative estimate of drug-likeness (QED) is 0.552. The van der Waals surface area contributed by atoms with Crippen LogP contribution in [0.5, 0.6) is 0 Å². The van der Waals surface area contributed by atoms with Crippen LogP contribution in [0.25, 0.3) is 5.70 Å². The molecule has 0 aromatic heterocycles. The maximum Gasteiger partial charge on any atom is 0.307 e. The number of aliphatic carboxylic acids is 1. The van der Waals surface area contributed by atoms with Crippen molar-refractivity contribution in [2.75, 3.05) is 17.8 Å². The zero-order valence-electron chi connectivity index (χ0n) is 17.9. The summed E-state index contributed by atoms with van der Waals surface area (Å²) >= 11 is 0. The number of benzene rings is 2. The minimum absolute atomic E-state index is 0.136. The summed E-state index contributed by atoms with van der Waals surface area (Å²) in [7, 11) is -3.38. The number of nitrogens with zero attached hydrogens (tertiary/aromatic N) is 1. The number of sulfone groups is 1. The number of anilines is 1. The van der Waals surface area contributed by atoms with Gasteiger partial charge in [-0.25, -0.2) is 12.8 Å². The minimum Gasteiger partial charge on any atom is -0.481 e. The van der Waals surface area contributed by atoms with Crippen molar-refractivity contribution in [3.05, 3.63) is 66.0 Å². The van der Waals surface area contributed by atoms with Crippen molar-refractivity contribution in [1.82, 2.24) is 0 Å². The van der Waals surface area contributed by atoms with Crippen molar-refractivity contribution >= 4 is 27.2 Å². The predicted molar refractivity (Wildman–Crippen MR) is 120 cm³/mol. The Balaban J connectivity index is 2.14. The smallest absolute Gasteiger partial charge is 0.307 e. The number of hydrogen-bond donors (Lipinski definition) is 3. The molecule has 0 saturated carbocycles. The second kappa shape index (κ2) is 9.01. The van der Waals surface area contributed by atoms with Crippen LogP contribution in [0.4, 0.5) is 10.1 Å². The van der Waals surface area contributed by atoms with Crippen molar-refractivity contribution in [1.29, 1.82) is 0 Å². The van der Waals surface area contributed by atoms with Crippen LogP contribution in [0.3, 0.4) is 0 Å². The molecule has 1 aliphatic rings. The molecular weight excluding hydrogens is 435 g/mol. The Labute approximate surface area is 186 Å². The number of nitrogens with two attached hydrogens (primary N) is 1. The standard InChI is InChI=1S/C23H27FN2O5S/c1-23(25)20(19(22(28)29)4-3-13-27)14-21(26(23)17-9-7-16(24)8-10-17)15-5-11-18(12-6-15)32(2,30)31/h5-12,14,19-20,27H,3-4,13,25H2,1-2H3,(H,28,29)/t19-,20?,23+/m1/s1. The van der Waals surface area contributed by atoms with Gasteiger partial charge in [0.25, 0.3) is 0 Å². The molecule has 3 rings (SSSR count). The number of carboxylic acid groups (broad SMARTS) is 1. The lowest BCUT2D eigenvalue weighted by molar-refractivity contribution is -0.144. The minimum atomic E-state index is -3.38. The maximum atomic E-state index is 13.6. The average molecular weight is 463 g/mol. The lowest BCUT2D eigenvalue weighted by Gasteiger charge is -2.41. The van der Waals surface area contributed by atoms with Gasteiger partial charge in [0.2, 0.25) is 0 Å². The third kappa shape index (κ3) is 4.69. The largest absolute Gasteiger partial charge is 0.481 e. The molecule has 9 heteroatoms. The number of carboxylic acids is 1. The van der Waals surface area contributed by atoms with Crippen molar-refractivity contribution in [3.8, 4) is 0 Å². The van der Waals surface area contributed by atoms with Gasteiger partial charge >= 0.3 is 5.97 Å². The molecular formula is C23H27FN2O5S. The van der Waals surface area contributed by atoms with E-state index in [9.17, 15) is 27.8 Å². The van der Waals surface area contributed by atoms with E-state index in [2.05, 4.69) is 0 Å². The highest BCUT2D eigenvalue weighted by Crippen LogP contribution is 2.45. The van der Waals surface area contributed by atoms with Crippen LogP contribution in [-0.4, -0.2) is 43.1 Å². The molecule has 7 nitrogen and oxygen atoms in total. The third-order valence-electron chi connectivity index (χ3n) is 5.82. The molecule has 0 fully saturated rings. The molecule has 2 aromatic rings. The first-order valence-corrected chi connectivity index (χ1v) is 12.1. The normalized spacial score (nSPS) is 22.0. The van der Waals surface area contributed by atoms with Gasteiger partial charge in [0.15, 0.2) is 9.84 Å². The van der Waals surface area contributed by atoms with E-state index in [0.29, 0.717) is 23.4 Å². The van der Waals surface area contributed by atoms with E-state index < -0.39 is 39.1 Å². The SMILES string of the molecule is C[C@@]1(N)C([C@@H](CCCO)C(=O)O)C=C(c2ccc(S(C)(=O)=O)cc2)N1c1ccc(F)cc1. The van der Waals surface area contributed by atoms with E-state index in [4.69, 9.17) is 5.73 Å². The van der Waals surface area contributed by atoms with Gasteiger partial charge in [0.1, 0.15) is 5.82 Å². The molecule has 32 heavy (non-hydrogen) atoms. The number of hydrogen-bond acceptors (Lipinski definition) is 6. The third-order valence-corrected chi connectivity index (χ3v) is 6.95. The summed E-state index contributed by atoms with van der Waals surface area (Å²) in [6.45, 7) is 1.58. The van der Waals surface area contributed by atoms with E-state index in [1.54, 1.807) is 42.2 Å². The zero-order chi connectivity index (χ0) is 23.7. The Kier molecular flexibility index (Phi) is 6.73. The van der Waals surface area contributed by atoms with Crippen LogP contribution in [0.1, 0.15) is 25.3 Å². The van der Waals surface area contributed by atoms with Crippen molar-refractivity contribution < 1.29 is 27.8 Å². The number of rotatable bonds is 8. The molecule has 0 amide bonds. The van der Waals surface area contributed by atoms with Gasteiger partial charge in [-0.2, -0.15) is 0 Å². The molecule has 4 N–H and O–H groups in total. The molecule has 0 saturated heterocycles. The monoisotopic (exact) mass is 462 g/mol. The highest BCUT2D eigenvalue weighted by atomic mass is 32.2. The number of aliphatic hydroxyl groups excluding tert-OH is 1. The van der Waals surface area contributed by atoms with Crippen LogP contribution in [0, 0.1) is 17.7 Å². The van der Waals surface area contributed by atoms with Crippen molar-refractivity contribution in [3.63, 3.8) is 0 Å². The van der Waals surface area contributed by atoms with Gasteiger partial charge in [-0.1, -0.05) is 18.2 Å². The zero-order valence-corrected chi connectivity index (χ0v) is 18.7. The fourth-order valence-corrected chi connectivity index (χ4v) is 4.85. The van der Waals surface area contributed by atoms with Crippen molar-refractivity contribution in [2.45, 2.75) is 30.3 Å². The molecule has 1 heterocycles. The Morgan fingerprint density at radius 1 is 1.19 bits per heavy atom. The average Bonchev–Trinajstić information content (AvgIpc) is 2.99. The fourth-order valence-electron chi connectivity index (χ4n) is 4.22. The number of halogens is 1. The molecule has 3 atom stereocenters. The van der Waals surface area contributed by atoms with Crippen LogP contribution in [0.15, 0.2) is 59.5 Å². The summed E-state index contributed by atoms with van der Waals surface area (Å²) in [5.74, 6) is -2.92. The van der Waals surface area contributed by atoms with Crippen LogP contribution in [0.2, 0.25) is 0 Å². The maximum absolute atomic E-state index is 13.6. The van der Waals surface area contributed by atoms with E-state index in [-0.39, 0.29) is 17.9 Å². The Morgan fingerprint density at radius 2 is 1.78 bits per heavy atom. The van der Waals surface area contributed by atoms with Gasteiger partial charge in [0.05, 0.1) is 16.5 Å². The first kappa shape index (κ1) is 23.9. The van der Waals surface area contributed by atoms with E-state index >= 15 is 0 Å². The lowest BCUT2D eigenvalue weighted by Crippen LogP contribution is -2.56. The summed E-state index contributed by atoms with van der Waals surface area (Å²) in [6, 6.07) is 12.0. The molecule has 2 aromatic carbocycles. The topological polar surface area (TPSA) is 121 Å². The first-order valence-electron chi connectivity index (χ1n) is 10.2. The molecule has 0 radical (unpaired) electrons. The predicted octanol–water partition coefficient (Wildman–Crippen LogP) is 2.85. The summed E-state index contributed by atoms with van der Waals surface area (Å²) in [6.07, 6.45) is 3.44. The van der Waals surface area contributed by atoms with Crippen LogP contribution in [-0.2, 0) is 14.6 Å². The lowest BCUT2D eigenvalue weighted by atomic mass is 9.81. The van der Waals surface area contributed by atoms with Gasteiger partial charge < -0.3 is 20.8 Å². The summed E-state index contributed by atoms with van der Waals surface area (Å²) < 4.78 is 37.2. The summed E-state index contributed by atoms with van der Waals surface area (Å²) in [5, 5.41) is 19.1. The van der Waals surface area contributed by atoms with Gasteiger partial charge in [-0.15, -0.1) is 0 Å². The molecule has 0 spiro atoms. The summed E-state index contributed by atoms with van der Waals surface area (Å²) in [4.78, 5) is 14.0. The van der Waals surface area contributed by atoms with E-state index in [1.165, 1.54) is 24.3 Å². The van der Waals surface area contributed by atoms with Crippen molar-refractivity contribution in [2.24, 2.45) is 17.6 Å². The second-order valence-electron chi connectivity index (χ2n) is 8.22. The molecule has 0 bridgehead atoms. The summed E-state index contributed by atoms with van der Waals surface area (Å²) in [5.41, 5.74) is 7.37. The highest BCUT2D eigenvalue weighted by Gasteiger charge is 2.48. The van der Waals surface area contributed by atoms with Crippen LogP contribution >= 0.6 is 0 Å². The fraction of sp³-hybridized carbons (Fsp3) is 0.348. The molecule has 0 aliphatic carbocycles. The first-order chi connectivity index (χ1) is 15.0.